The van der Waals surface area contributed by atoms with Crippen molar-refractivity contribution in [1.82, 2.24) is 10.3 Å². The molecule has 0 aliphatic heterocycles. The van der Waals surface area contributed by atoms with Crippen LogP contribution < -0.4 is 5.32 Å². The summed E-state index contributed by atoms with van der Waals surface area (Å²) in [7, 11) is 0. The number of hydrogen-bond donors (Lipinski definition) is 1. The van der Waals surface area contributed by atoms with Crippen molar-refractivity contribution in [3.05, 3.63) is 66.5 Å². The number of rotatable bonds is 4. The van der Waals surface area contributed by atoms with Crippen LogP contribution in [0.1, 0.15) is 25.5 Å². The number of aromatic nitrogens is 1. The van der Waals surface area contributed by atoms with Gasteiger partial charge in [-0.25, -0.2) is 0 Å². The highest BCUT2D eigenvalue weighted by molar-refractivity contribution is 5.96. The van der Waals surface area contributed by atoms with Crippen LogP contribution in [0.15, 0.2) is 60.9 Å². The second-order valence-electron chi connectivity index (χ2n) is 5.30. The van der Waals surface area contributed by atoms with E-state index in [0.717, 1.165) is 6.54 Å². The van der Waals surface area contributed by atoms with Gasteiger partial charge in [0.1, 0.15) is 0 Å². The Bertz CT molecular complexity index is 727. The van der Waals surface area contributed by atoms with Crippen LogP contribution in [-0.4, -0.2) is 11.5 Å². The molecule has 0 aliphatic rings. The lowest BCUT2D eigenvalue weighted by molar-refractivity contribution is 0.598. The van der Waals surface area contributed by atoms with Gasteiger partial charge in [0.25, 0.3) is 0 Å². The first-order chi connectivity index (χ1) is 10.3. The molecule has 1 unspecified atom stereocenters. The number of fused-ring (bicyclic) bond motifs is 1. The van der Waals surface area contributed by atoms with Gasteiger partial charge in [0.15, 0.2) is 0 Å². The van der Waals surface area contributed by atoms with Crippen molar-refractivity contribution in [2.75, 3.05) is 6.54 Å². The fourth-order valence-corrected chi connectivity index (χ4v) is 2.75. The Hall–Kier alpha value is -2.19. The van der Waals surface area contributed by atoms with Gasteiger partial charge >= 0.3 is 0 Å². The van der Waals surface area contributed by atoms with Crippen molar-refractivity contribution in [3.8, 4) is 11.1 Å². The predicted molar refractivity (Wildman–Crippen MR) is 89.3 cm³/mol. The van der Waals surface area contributed by atoms with E-state index in [2.05, 4.69) is 72.7 Å². The zero-order valence-corrected chi connectivity index (χ0v) is 12.5. The molecule has 2 aromatic carbocycles. The van der Waals surface area contributed by atoms with E-state index >= 15 is 0 Å². The first-order valence-electron chi connectivity index (χ1n) is 7.46. The van der Waals surface area contributed by atoms with Gasteiger partial charge in [0.2, 0.25) is 0 Å². The van der Waals surface area contributed by atoms with Crippen LogP contribution in [0.2, 0.25) is 0 Å². The summed E-state index contributed by atoms with van der Waals surface area (Å²) >= 11 is 0. The topological polar surface area (TPSA) is 24.9 Å². The van der Waals surface area contributed by atoms with Crippen molar-refractivity contribution >= 4 is 10.8 Å². The Morgan fingerprint density at radius 2 is 1.86 bits per heavy atom. The molecule has 106 valence electrons. The van der Waals surface area contributed by atoms with E-state index in [-0.39, 0.29) is 0 Å². The van der Waals surface area contributed by atoms with E-state index in [4.69, 9.17) is 0 Å². The smallest absolute Gasteiger partial charge is 0.0346 e. The second kappa shape index (κ2) is 6.06. The minimum absolute atomic E-state index is 0.390. The number of benzene rings is 2. The number of hydrogen-bond acceptors (Lipinski definition) is 2. The summed E-state index contributed by atoms with van der Waals surface area (Å²) in [4.78, 5) is 4.20. The normalized spacial score (nSPS) is 12.5. The predicted octanol–water partition coefficient (Wildman–Crippen LogP) is 4.57. The van der Waals surface area contributed by atoms with Crippen LogP contribution >= 0.6 is 0 Å². The van der Waals surface area contributed by atoms with Crippen LogP contribution in [0.3, 0.4) is 0 Å². The highest BCUT2D eigenvalue weighted by atomic mass is 14.9. The molecule has 0 fully saturated rings. The quantitative estimate of drug-likeness (QED) is 0.755. The molecule has 0 aliphatic carbocycles. The molecule has 1 heterocycles. The average molecular weight is 276 g/mol. The van der Waals surface area contributed by atoms with Crippen LogP contribution in [0, 0.1) is 0 Å². The first kappa shape index (κ1) is 13.8. The van der Waals surface area contributed by atoms with E-state index in [1.165, 1.54) is 27.5 Å². The highest BCUT2D eigenvalue weighted by Gasteiger charge is 2.06. The molecule has 3 aromatic rings. The summed E-state index contributed by atoms with van der Waals surface area (Å²) in [6.07, 6.45) is 3.77. The summed E-state index contributed by atoms with van der Waals surface area (Å²) < 4.78 is 0. The Labute approximate surface area is 125 Å². The minimum Gasteiger partial charge on any atom is -0.310 e. The lowest BCUT2D eigenvalue weighted by Gasteiger charge is -2.13. The van der Waals surface area contributed by atoms with Crippen molar-refractivity contribution < 1.29 is 0 Å². The lowest BCUT2D eigenvalue weighted by atomic mass is 9.97. The third-order valence-corrected chi connectivity index (χ3v) is 3.91. The van der Waals surface area contributed by atoms with Gasteiger partial charge in [0.05, 0.1) is 0 Å². The van der Waals surface area contributed by atoms with Crippen molar-refractivity contribution in [1.29, 1.82) is 0 Å². The maximum atomic E-state index is 4.20. The monoisotopic (exact) mass is 276 g/mol. The molecule has 2 heteroatoms. The molecular weight excluding hydrogens is 256 g/mol. The van der Waals surface area contributed by atoms with Gasteiger partial charge < -0.3 is 5.32 Å². The second-order valence-corrected chi connectivity index (χ2v) is 5.30. The molecule has 3 rings (SSSR count). The molecule has 0 bridgehead atoms. The van der Waals surface area contributed by atoms with Gasteiger partial charge in [-0.2, -0.15) is 0 Å². The molecule has 0 radical (unpaired) electrons. The number of nitrogens with one attached hydrogen (secondary N) is 1. The van der Waals surface area contributed by atoms with Gasteiger partial charge in [-0.1, -0.05) is 49.4 Å². The zero-order chi connectivity index (χ0) is 14.7. The lowest BCUT2D eigenvalue weighted by Crippen LogP contribution is -2.17. The van der Waals surface area contributed by atoms with Crippen molar-refractivity contribution in [3.63, 3.8) is 0 Å². The minimum atomic E-state index is 0.390. The Balaban J connectivity index is 2.00. The van der Waals surface area contributed by atoms with E-state index in [1.807, 2.05) is 12.4 Å². The molecule has 0 saturated heterocycles. The van der Waals surface area contributed by atoms with Gasteiger partial charge in [-0.05, 0) is 41.6 Å². The van der Waals surface area contributed by atoms with Gasteiger partial charge in [-0.15, -0.1) is 0 Å². The van der Waals surface area contributed by atoms with Crippen molar-refractivity contribution in [2.45, 2.75) is 19.9 Å². The van der Waals surface area contributed by atoms with Crippen LogP contribution in [0.4, 0.5) is 0 Å². The third-order valence-electron chi connectivity index (χ3n) is 3.91. The molecule has 0 saturated carbocycles. The van der Waals surface area contributed by atoms with E-state index in [0.29, 0.717) is 6.04 Å². The largest absolute Gasteiger partial charge is 0.310 e. The Morgan fingerprint density at radius 3 is 2.62 bits per heavy atom. The molecule has 2 nitrogen and oxygen atoms in total. The SMILES string of the molecule is CCNC(C)c1ccc(-c2cccc3cnccc23)cc1. The van der Waals surface area contributed by atoms with Crippen molar-refractivity contribution in [2.24, 2.45) is 0 Å². The summed E-state index contributed by atoms with van der Waals surface area (Å²) in [6.45, 7) is 5.32. The molecule has 0 spiro atoms. The highest BCUT2D eigenvalue weighted by Crippen LogP contribution is 2.28. The molecule has 1 atom stereocenters. The number of pyridine rings is 1. The van der Waals surface area contributed by atoms with Gasteiger partial charge in [0, 0.05) is 23.8 Å². The average Bonchev–Trinajstić information content (AvgIpc) is 2.55. The zero-order valence-electron chi connectivity index (χ0n) is 12.5. The van der Waals surface area contributed by atoms with Crippen LogP contribution in [0.5, 0.6) is 0 Å². The first-order valence-corrected chi connectivity index (χ1v) is 7.46. The Kier molecular flexibility index (Phi) is 3.98. The molecule has 21 heavy (non-hydrogen) atoms. The van der Waals surface area contributed by atoms with E-state index in [9.17, 15) is 0 Å². The summed E-state index contributed by atoms with van der Waals surface area (Å²) in [5.41, 5.74) is 3.83. The molecular formula is C19H20N2. The fraction of sp³-hybridized carbons (Fsp3) is 0.211. The fourth-order valence-electron chi connectivity index (χ4n) is 2.75. The Morgan fingerprint density at radius 1 is 1.05 bits per heavy atom. The maximum absolute atomic E-state index is 4.20. The summed E-state index contributed by atoms with van der Waals surface area (Å²) in [5, 5.41) is 5.87. The third kappa shape index (κ3) is 2.81. The number of nitrogens with zero attached hydrogens (tertiary/aromatic N) is 1. The van der Waals surface area contributed by atoms with Crippen LogP contribution in [-0.2, 0) is 0 Å². The van der Waals surface area contributed by atoms with Gasteiger partial charge in [-0.3, -0.25) is 4.98 Å². The summed E-state index contributed by atoms with van der Waals surface area (Å²) in [5.74, 6) is 0. The van der Waals surface area contributed by atoms with E-state index in [1.54, 1.807) is 0 Å². The van der Waals surface area contributed by atoms with E-state index < -0.39 is 0 Å². The van der Waals surface area contributed by atoms with Crippen LogP contribution in [0.25, 0.3) is 21.9 Å². The molecule has 1 N–H and O–H groups in total. The molecule has 0 amide bonds. The molecule has 1 aromatic heterocycles. The standard InChI is InChI=1S/C19H20N2/c1-3-21-14(2)15-7-9-16(10-8-15)18-6-4-5-17-13-20-12-11-19(17)18/h4-14,21H,3H2,1-2H3. The maximum Gasteiger partial charge on any atom is 0.0346 e. The summed E-state index contributed by atoms with van der Waals surface area (Å²) in [6, 6.07) is 17.7.